The Balaban J connectivity index is 1.38. The Hall–Kier alpha value is -2.47. The van der Waals surface area contributed by atoms with Gasteiger partial charge in [0.05, 0.1) is 6.20 Å². The van der Waals surface area contributed by atoms with Crippen molar-refractivity contribution in [2.45, 2.75) is 50.7 Å². The van der Waals surface area contributed by atoms with Crippen LogP contribution in [0.1, 0.15) is 54.1 Å². The van der Waals surface area contributed by atoms with Crippen molar-refractivity contribution in [3.8, 4) is 0 Å². The Kier molecular flexibility index (Phi) is 3.85. The molecule has 1 aromatic carbocycles. The fourth-order valence-corrected chi connectivity index (χ4v) is 4.62. The first-order valence-corrected chi connectivity index (χ1v) is 9.40. The highest BCUT2D eigenvalue weighted by Crippen LogP contribution is 2.48. The molecule has 0 spiro atoms. The Morgan fingerprint density at radius 2 is 2.12 bits per heavy atom. The van der Waals surface area contributed by atoms with Gasteiger partial charge in [-0.3, -0.25) is 9.58 Å². The lowest BCUT2D eigenvalue weighted by Crippen LogP contribution is -2.27. The molecule has 2 aliphatic heterocycles. The fourth-order valence-electron chi connectivity index (χ4n) is 4.62. The average Bonchev–Trinajstić information content (AvgIpc) is 3.41. The van der Waals surface area contributed by atoms with E-state index in [1.54, 1.807) is 0 Å². The lowest BCUT2D eigenvalue weighted by Gasteiger charge is -2.24. The van der Waals surface area contributed by atoms with Gasteiger partial charge in [0.1, 0.15) is 6.54 Å². The third-order valence-corrected chi connectivity index (χ3v) is 5.74. The van der Waals surface area contributed by atoms with Gasteiger partial charge >= 0.3 is 0 Å². The molecule has 3 atom stereocenters. The van der Waals surface area contributed by atoms with Crippen molar-refractivity contribution in [2.75, 3.05) is 6.54 Å². The van der Waals surface area contributed by atoms with Gasteiger partial charge in [-0.2, -0.15) is 10.1 Å². The van der Waals surface area contributed by atoms with Gasteiger partial charge in [-0.05, 0) is 43.9 Å². The number of hydrogen-bond donors (Lipinski definition) is 0. The monoisotopic (exact) mass is 349 g/mol. The van der Waals surface area contributed by atoms with Gasteiger partial charge in [-0.15, -0.1) is 0 Å². The second kappa shape index (κ2) is 6.36. The topological polar surface area (TPSA) is 60.0 Å². The minimum atomic E-state index is 0.347. The molecular formula is C20H23N5O. The minimum absolute atomic E-state index is 0.347. The first-order chi connectivity index (χ1) is 12.8. The molecule has 6 nitrogen and oxygen atoms in total. The molecule has 134 valence electrons. The van der Waals surface area contributed by atoms with Gasteiger partial charge in [0.25, 0.3) is 0 Å². The quantitative estimate of drug-likeness (QED) is 0.723. The molecule has 6 heteroatoms. The molecule has 2 fully saturated rings. The number of nitrogens with zero attached hydrogens (tertiary/aromatic N) is 5. The van der Waals surface area contributed by atoms with Gasteiger partial charge in [0, 0.05) is 24.2 Å². The van der Waals surface area contributed by atoms with Crippen molar-refractivity contribution in [3.63, 3.8) is 0 Å². The summed E-state index contributed by atoms with van der Waals surface area (Å²) in [6.45, 7) is 3.72. The van der Waals surface area contributed by atoms with Crippen molar-refractivity contribution >= 4 is 0 Å². The van der Waals surface area contributed by atoms with Gasteiger partial charge in [0.2, 0.25) is 5.89 Å². The second-order valence-corrected chi connectivity index (χ2v) is 7.48. The van der Waals surface area contributed by atoms with E-state index in [2.05, 4.69) is 45.5 Å². The molecule has 2 aromatic heterocycles. The van der Waals surface area contributed by atoms with Crippen molar-refractivity contribution in [1.82, 2.24) is 24.8 Å². The zero-order chi connectivity index (χ0) is 17.5. The SMILES string of the molecule is Cc1cnn(Cc2nc([C@@H]3C[C@H](c4ccccc4)N4CCC[C@@H]34)no2)c1. The molecule has 5 rings (SSSR count). The first kappa shape index (κ1) is 15.8. The third kappa shape index (κ3) is 2.74. The molecule has 26 heavy (non-hydrogen) atoms. The maximum absolute atomic E-state index is 5.54. The van der Waals surface area contributed by atoms with Crippen LogP contribution in [0.2, 0.25) is 0 Å². The minimum Gasteiger partial charge on any atom is -0.337 e. The van der Waals surface area contributed by atoms with Crippen LogP contribution in [0.25, 0.3) is 0 Å². The Morgan fingerprint density at radius 3 is 2.92 bits per heavy atom. The van der Waals surface area contributed by atoms with Crippen LogP contribution >= 0.6 is 0 Å². The van der Waals surface area contributed by atoms with E-state index in [9.17, 15) is 0 Å². The fraction of sp³-hybridized carbons (Fsp3) is 0.450. The van der Waals surface area contributed by atoms with E-state index in [1.165, 1.54) is 18.4 Å². The van der Waals surface area contributed by atoms with Crippen LogP contribution in [-0.2, 0) is 6.54 Å². The third-order valence-electron chi connectivity index (χ3n) is 5.74. The van der Waals surface area contributed by atoms with Crippen LogP contribution in [-0.4, -0.2) is 37.4 Å². The number of fused-ring (bicyclic) bond motifs is 1. The molecule has 0 saturated carbocycles. The highest BCUT2D eigenvalue weighted by atomic mass is 16.5. The van der Waals surface area contributed by atoms with Crippen LogP contribution in [0.5, 0.6) is 0 Å². The summed E-state index contributed by atoms with van der Waals surface area (Å²) < 4.78 is 7.38. The zero-order valence-electron chi connectivity index (χ0n) is 15.0. The van der Waals surface area contributed by atoms with Crippen molar-refractivity contribution in [2.24, 2.45) is 0 Å². The largest absolute Gasteiger partial charge is 0.337 e. The van der Waals surface area contributed by atoms with E-state index < -0.39 is 0 Å². The summed E-state index contributed by atoms with van der Waals surface area (Å²) in [5, 5.41) is 8.64. The Bertz CT molecular complexity index is 887. The number of aryl methyl sites for hydroxylation is 1. The molecule has 0 amide bonds. The summed E-state index contributed by atoms with van der Waals surface area (Å²) in [5.74, 6) is 1.84. The molecule has 0 N–H and O–H groups in total. The summed E-state index contributed by atoms with van der Waals surface area (Å²) >= 11 is 0. The molecule has 0 bridgehead atoms. The zero-order valence-corrected chi connectivity index (χ0v) is 15.0. The van der Waals surface area contributed by atoms with E-state index >= 15 is 0 Å². The van der Waals surface area contributed by atoms with E-state index in [-0.39, 0.29) is 0 Å². The predicted octanol–water partition coefficient (Wildman–Crippen LogP) is 3.32. The molecule has 2 aliphatic rings. The second-order valence-electron chi connectivity index (χ2n) is 7.48. The molecule has 0 aliphatic carbocycles. The first-order valence-electron chi connectivity index (χ1n) is 9.40. The van der Waals surface area contributed by atoms with Crippen molar-refractivity contribution in [3.05, 3.63) is 65.6 Å². The number of aromatic nitrogens is 4. The smallest absolute Gasteiger partial charge is 0.248 e. The predicted molar refractivity (Wildman–Crippen MR) is 96.6 cm³/mol. The van der Waals surface area contributed by atoms with Gasteiger partial charge in [0.15, 0.2) is 5.82 Å². The molecular weight excluding hydrogens is 326 g/mol. The lowest BCUT2D eigenvalue weighted by molar-refractivity contribution is 0.243. The van der Waals surface area contributed by atoms with Crippen LogP contribution in [0.4, 0.5) is 0 Å². The highest BCUT2D eigenvalue weighted by molar-refractivity contribution is 5.24. The summed E-state index contributed by atoms with van der Waals surface area (Å²) in [4.78, 5) is 7.37. The Labute approximate surface area is 152 Å². The number of benzene rings is 1. The lowest BCUT2D eigenvalue weighted by atomic mass is 9.94. The Morgan fingerprint density at radius 1 is 1.23 bits per heavy atom. The maximum Gasteiger partial charge on any atom is 0.248 e. The molecule has 0 unspecified atom stereocenters. The molecule has 4 heterocycles. The van der Waals surface area contributed by atoms with Crippen molar-refractivity contribution < 1.29 is 4.52 Å². The average molecular weight is 349 g/mol. The summed E-state index contributed by atoms with van der Waals surface area (Å²) in [6, 6.07) is 11.8. The molecule has 3 aromatic rings. The number of rotatable bonds is 4. The van der Waals surface area contributed by atoms with Crippen molar-refractivity contribution in [1.29, 1.82) is 0 Å². The van der Waals surface area contributed by atoms with Crippen LogP contribution in [0.3, 0.4) is 0 Å². The number of hydrogen-bond acceptors (Lipinski definition) is 5. The van der Waals surface area contributed by atoms with Crippen LogP contribution in [0.15, 0.2) is 47.2 Å². The summed E-state index contributed by atoms with van der Waals surface area (Å²) in [6.07, 6.45) is 7.37. The highest BCUT2D eigenvalue weighted by Gasteiger charge is 2.46. The van der Waals surface area contributed by atoms with Gasteiger partial charge in [-0.1, -0.05) is 35.5 Å². The summed E-state index contributed by atoms with van der Waals surface area (Å²) in [5.41, 5.74) is 2.53. The van der Waals surface area contributed by atoms with Crippen LogP contribution < -0.4 is 0 Å². The molecule has 0 radical (unpaired) electrons. The normalized spacial score (nSPS) is 25.7. The van der Waals surface area contributed by atoms with E-state index in [4.69, 9.17) is 9.51 Å². The van der Waals surface area contributed by atoms with E-state index in [0.29, 0.717) is 30.4 Å². The maximum atomic E-state index is 5.54. The summed E-state index contributed by atoms with van der Waals surface area (Å²) in [7, 11) is 0. The van der Waals surface area contributed by atoms with Crippen LogP contribution in [0, 0.1) is 6.92 Å². The molecule has 2 saturated heterocycles. The van der Waals surface area contributed by atoms with Gasteiger partial charge in [-0.25, -0.2) is 0 Å². The van der Waals surface area contributed by atoms with E-state index in [1.807, 2.05) is 24.0 Å². The van der Waals surface area contributed by atoms with E-state index in [0.717, 1.165) is 24.4 Å². The van der Waals surface area contributed by atoms with Gasteiger partial charge < -0.3 is 4.52 Å². The standard InChI is InChI=1S/C20H23N5O/c1-14-11-21-24(12-14)13-19-22-20(23-26-19)16-10-18(15-6-3-2-4-7-15)25-9-5-8-17(16)25/h2-4,6-7,11-12,16-18H,5,8-10,13H2,1H3/t16-,17+,18-/m1/s1.